The Kier molecular flexibility index (Phi) is 2.77. The highest BCUT2D eigenvalue weighted by Gasteiger charge is 2.27. The van der Waals surface area contributed by atoms with Crippen molar-refractivity contribution in [2.75, 3.05) is 5.01 Å². The fraction of sp³-hybridized carbons (Fsp3) is 0.0909. The van der Waals surface area contributed by atoms with Crippen LogP contribution < -0.4 is 10.4 Å². The van der Waals surface area contributed by atoms with Gasteiger partial charge in [0.05, 0.1) is 12.0 Å². The van der Waals surface area contributed by atoms with E-state index in [0.717, 1.165) is 4.47 Å². The molecule has 1 aliphatic heterocycles. The third-order valence-corrected chi connectivity index (χ3v) is 3.09. The molecule has 2 aromatic rings. The highest BCUT2D eigenvalue weighted by atomic mass is 79.9. The molecule has 1 unspecified atom stereocenters. The standard InChI is InChI=1S/C11H10BrN5O/c12-8-1-2-10(14-5-8)17-11(18)9(6-15-17)16-4-3-13-7-16/h1-7,11,15,18H. The second-order valence-corrected chi connectivity index (χ2v) is 4.66. The minimum atomic E-state index is -0.812. The molecule has 0 amide bonds. The zero-order valence-electron chi connectivity index (χ0n) is 9.23. The summed E-state index contributed by atoms with van der Waals surface area (Å²) >= 11 is 3.32. The topological polar surface area (TPSA) is 66.2 Å². The van der Waals surface area contributed by atoms with Crippen molar-refractivity contribution in [2.45, 2.75) is 6.23 Å². The highest BCUT2D eigenvalue weighted by molar-refractivity contribution is 9.10. The first-order valence-corrected chi connectivity index (χ1v) is 6.08. The molecule has 0 fully saturated rings. The number of aromatic nitrogens is 3. The van der Waals surface area contributed by atoms with E-state index >= 15 is 0 Å². The van der Waals surface area contributed by atoms with Gasteiger partial charge in [-0.1, -0.05) is 0 Å². The molecule has 7 heteroatoms. The Bertz CT molecular complexity index is 566. The number of hydrogen-bond donors (Lipinski definition) is 2. The molecule has 3 rings (SSSR count). The van der Waals surface area contributed by atoms with Crippen molar-refractivity contribution in [3.63, 3.8) is 0 Å². The summed E-state index contributed by atoms with van der Waals surface area (Å²) < 4.78 is 2.64. The molecule has 1 atom stereocenters. The summed E-state index contributed by atoms with van der Waals surface area (Å²) in [5.41, 5.74) is 3.67. The van der Waals surface area contributed by atoms with Crippen molar-refractivity contribution in [1.82, 2.24) is 20.0 Å². The maximum absolute atomic E-state index is 10.2. The van der Waals surface area contributed by atoms with E-state index in [-0.39, 0.29) is 0 Å². The first kappa shape index (κ1) is 11.2. The predicted molar refractivity (Wildman–Crippen MR) is 70.1 cm³/mol. The van der Waals surface area contributed by atoms with Crippen molar-refractivity contribution in [3.8, 4) is 0 Å². The van der Waals surface area contributed by atoms with Crippen molar-refractivity contribution in [1.29, 1.82) is 0 Å². The molecular weight excluding hydrogens is 298 g/mol. The van der Waals surface area contributed by atoms with E-state index in [1.54, 1.807) is 40.7 Å². The van der Waals surface area contributed by atoms with Gasteiger partial charge in [0, 0.05) is 29.3 Å². The zero-order chi connectivity index (χ0) is 12.5. The number of nitrogens with zero attached hydrogens (tertiary/aromatic N) is 4. The quantitative estimate of drug-likeness (QED) is 0.872. The summed E-state index contributed by atoms with van der Waals surface area (Å²) in [6, 6.07) is 3.68. The third kappa shape index (κ3) is 1.87. The average molecular weight is 308 g/mol. The van der Waals surface area contributed by atoms with Crippen molar-refractivity contribution in [3.05, 3.63) is 47.7 Å². The monoisotopic (exact) mass is 307 g/mol. The van der Waals surface area contributed by atoms with Crippen LogP contribution in [0.4, 0.5) is 5.82 Å². The average Bonchev–Trinajstić information content (AvgIpc) is 2.99. The van der Waals surface area contributed by atoms with E-state index in [1.165, 1.54) is 0 Å². The van der Waals surface area contributed by atoms with Crippen molar-refractivity contribution >= 4 is 27.4 Å². The van der Waals surface area contributed by atoms with Gasteiger partial charge < -0.3 is 9.67 Å². The number of hydrazine groups is 1. The van der Waals surface area contributed by atoms with Gasteiger partial charge in [-0.25, -0.2) is 15.0 Å². The number of aliphatic hydroxyl groups is 1. The number of rotatable bonds is 2. The van der Waals surface area contributed by atoms with E-state index in [1.807, 2.05) is 12.1 Å². The van der Waals surface area contributed by atoms with E-state index in [2.05, 4.69) is 31.3 Å². The van der Waals surface area contributed by atoms with Crippen LogP contribution in [-0.2, 0) is 0 Å². The second kappa shape index (κ2) is 4.43. The number of nitrogens with one attached hydrogen (secondary N) is 1. The smallest absolute Gasteiger partial charge is 0.190 e. The van der Waals surface area contributed by atoms with Crippen molar-refractivity contribution in [2.24, 2.45) is 0 Å². The third-order valence-electron chi connectivity index (χ3n) is 2.62. The Morgan fingerprint density at radius 2 is 2.28 bits per heavy atom. The van der Waals surface area contributed by atoms with Gasteiger partial charge in [-0.2, -0.15) is 0 Å². The van der Waals surface area contributed by atoms with Gasteiger partial charge in [0.15, 0.2) is 6.23 Å². The zero-order valence-corrected chi connectivity index (χ0v) is 10.8. The van der Waals surface area contributed by atoms with Crippen LogP contribution in [0.3, 0.4) is 0 Å². The normalized spacial score (nSPS) is 18.7. The summed E-state index contributed by atoms with van der Waals surface area (Å²) in [6.07, 6.45) is 7.65. The van der Waals surface area contributed by atoms with Crippen molar-refractivity contribution < 1.29 is 5.11 Å². The fourth-order valence-corrected chi connectivity index (χ4v) is 1.97. The molecule has 2 N–H and O–H groups in total. The molecule has 1 aliphatic rings. The Hall–Kier alpha value is -1.86. The van der Waals surface area contributed by atoms with E-state index in [4.69, 9.17) is 0 Å². The summed E-state index contributed by atoms with van der Waals surface area (Å²) in [5.74, 6) is 0.636. The Morgan fingerprint density at radius 3 is 2.94 bits per heavy atom. The molecule has 92 valence electrons. The van der Waals surface area contributed by atoms with Crippen LogP contribution in [0, 0.1) is 0 Å². The van der Waals surface area contributed by atoms with E-state index in [9.17, 15) is 5.11 Å². The largest absolute Gasteiger partial charge is 0.367 e. The Balaban J connectivity index is 1.85. The molecule has 0 saturated carbocycles. The van der Waals surface area contributed by atoms with Crippen LogP contribution >= 0.6 is 15.9 Å². The molecule has 0 bridgehead atoms. The van der Waals surface area contributed by atoms with Crippen LogP contribution in [0.25, 0.3) is 5.70 Å². The van der Waals surface area contributed by atoms with Crippen LogP contribution in [0.2, 0.25) is 0 Å². The number of imidazole rings is 1. The lowest BCUT2D eigenvalue weighted by atomic mass is 10.4. The minimum absolute atomic E-state index is 0.636. The lowest BCUT2D eigenvalue weighted by Crippen LogP contribution is -2.39. The van der Waals surface area contributed by atoms with Gasteiger partial charge in [-0.15, -0.1) is 0 Å². The lowest BCUT2D eigenvalue weighted by molar-refractivity contribution is 0.220. The Morgan fingerprint density at radius 1 is 1.39 bits per heavy atom. The lowest BCUT2D eigenvalue weighted by Gasteiger charge is -2.22. The van der Waals surface area contributed by atoms with Crippen LogP contribution in [-0.4, -0.2) is 25.9 Å². The summed E-state index contributed by atoms with van der Waals surface area (Å²) in [6.45, 7) is 0. The van der Waals surface area contributed by atoms with E-state index in [0.29, 0.717) is 11.5 Å². The van der Waals surface area contributed by atoms with Gasteiger partial charge in [0.25, 0.3) is 0 Å². The molecule has 6 nitrogen and oxygen atoms in total. The molecule has 0 radical (unpaired) electrons. The molecule has 0 aromatic carbocycles. The fourth-order valence-electron chi connectivity index (χ4n) is 1.73. The van der Waals surface area contributed by atoms with Gasteiger partial charge in [0.2, 0.25) is 0 Å². The number of aliphatic hydroxyl groups excluding tert-OH is 1. The summed E-state index contributed by atoms with van der Waals surface area (Å²) in [4.78, 5) is 8.18. The molecule has 0 saturated heterocycles. The number of anilines is 1. The number of pyridine rings is 1. The highest BCUT2D eigenvalue weighted by Crippen LogP contribution is 2.23. The first-order chi connectivity index (χ1) is 8.75. The maximum Gasteiger partial charge on any atom is 0.190 e. The first-order valence-electron chi connectivity index (χ1n) is 5.29. The molecule has 2 aromatic heterocycles. The number of hydrogen-bond acceptors (Lipinski definition) is 5. The van der Waals surface area contributed by atoms with Crippen LogP contribution in [0.5, 0.6) is 0 Å². The predicted octanol–water partition coefficient (Wildman–Crippen LogP) is 1.18. The Labute approximate surface area is 112 Å². The molecule has 3 heterocycles. The minimum Gasteiger partial charge on any atom is -0.367 e. The summed E-state index contributed by atoms with van der Waals surface area (Å²) in [7, 11) is 0. The van der Waals surface area contributed by atoms with Gasteiger partial charge >= 0.3 is 0 Å². The van der Waals surface area contributed by atoms with E-state index < -0.39 is 6.23 Å². The van der Waals surface area contributed by atoms with Crippen LogP contribution in [0.1, 0.15) is 0 Å². The molecule has 18 heavy (non-hydrogen) atoms. The van der Waals surface area contributed by atoms with Gasteiger partial charge in [-0.3, -0.25) is 5.43 Å². The molecular formula is C11H10BrN5O. The second-order valence-electron chi connectivity index (χ2n) is 3.75. The summed E-state index contributed by atoms with van der Waals surface area (Å²) in [5, 5.41) is 11.8. The molecule has 0 spiro atoms. The maximum atomic E-state index is 10.2. The van der Waals surface area contributed by atoms with Crippen LogP contribution in [0.15, 0.2) is 47.7 Å². The SMILES string of the molecule is OC1C(n2ccnc2)=CNN1c1ccc(Br)cn1. The van der Waals surface area contributed by atoms with Gasteiger partial charge in [-0.05, 0) is 28.1 Å². The molecule has 0 aliphatic carbocycles. The number of halogens is 1. The van der Waals surface area contributed by atoms with Gasteiger partial charge in [0.1, 0.15) is 5.82 Å².